The van der Waals surface area contributed by atoms with Gasteiger partial charge in [0.05, 0.1) is 35.0 Å². The molecule has 0 radical (unpaired) electrons. The number of nitrogens with one attached hydrogen (secondary N) is 1. The number of amidine groups is 1. The van der Waals surface area contributed by atoms with Crippen LogP contribution < -0.4 is 10.2 Å². The molecule has 1 saturated heterocycles. The normalized spacial score (nSPS) is 21.7. The molecular formula is C21H21BrFN3O3S2. The van der Waals surface area contributed by atoms with Gasteiger partial charge < -0.3 is 10.2 Å². The maximum Gasteiger partial charge on any atom is 0.234 e. The van der Waals surface area contributed by atoms with Gasteiger partial charge in [-0.3, -0.25) is 9.79 Å². The highest BCUT2D eigenvalue weighted by Gasteiger charge is 2.47. The maximum absolute atomic E-state index is 14.7. The SMILES string of the molecule is Cc1cccc(NC(=O)CSC2=N[C@H]3CS(=O)(=O)C[C@H]3N2c2ccc(Br)cc2F)c1C. The van der Waals surface area contributed by atoms with Crippen LogP contribution in [0.1, 0.15) is 11.1 Å². The van der Waals surface area contributed by atoms with E-state index in [0.717, 1.165) is 16.8 Å². The molecule has 1 fully saturated rings. The second-order valence-corrected chi connectivity index (χ2v) is 11.7. The molecule has 6 nitrogen and oxygen atoms in total. The summed E-state index contributed by atoms with van der Waals surface area (Å²) in [5.41, 5.74) is 3.08. The summed E-state index contributed by atoms with van der Waals surface area (Å²) in [5, 5.41) is 3.36. The van der Waals surface area contributed by atoms with Crippen molar-refractivity contribution in [1.82, 2.24) is 0 Å². The lowest BCUT2D eigenvalue weighted by Gasteiger charge is -2.26. The quantitative estimate of drug-likeness (QED) is 0.654. The van der Waals surface area contributed by atoms with Crippen LogP contribution in [-0.4, -0.2) is 48.8 Å². The molecule has 1 N–H and O–H groups in total. The van der Waals surface area contributed by atoms with E-state index in [1.54, 1.807) is 17.0 Å². The van der Waals surface area contributed by atoms with Gasteiger partial charge in [-0.25, -0.2) is 12.8 Å². The fourth-order valence-electron chi connectivity index (χ4n) is 3.79. The summed E-state index contributed by atoms with van der Waals surface area (Å²) in [6.45, 7) is 3.92. The molecule has 0 aromatic heterocycles. The van der Waals surface area contributed by atoms with Gasteiger partial charge in [0.15, 0.2) is 15.0 Å². The Kier molecular flexibility index (Phi) is 6.15. The number of sulfone groups is 1. The molecular weight excluding hydrogens is 505 g/mol. The molecule has 2 aliphatic heterocycles. The Morgan fingerprint density at radius 1 is 1.29 bits per heavy atom. The zero-order chi connectivity index (χ0) is 22.3. The molecule has 2 aromatic rings. The third kappa shape index (κ3) is 4.65. The van der Waals surface area contributed by atoms with Crippen LogP contribution in [0.3, 0.4) is 0 Å². The van der Waals surface area contributed by atoms with Crippen LogP contribution in [-0.2, 0) is 14.6 Å². The zero-order valence-electron chi connectivity index (χ0n) is 16.9. The van der Waals surface area contributed by atoms with E-state index in [-0.39, 0.29) is 28.9 Å². The van der Waals surface area contributed by atoms with Gasteiger partial charge in [0, 0.05) is 10.2 Å². The number of carbonyl (C=O) groups excluding carboxylic acids is 1. The molecule has 0 spiro atoms. The van der Waals surface area contributed by atoms with E-state index < -0.39 is 27.7 Å². The molecule has 1 amide bonds. The van der Waals surface area contributed by atoms with Crippen molar-refractivity contribution in [3.05, 3.63) is 57.8 Å². The van der Waals surface area contributed by atoms with E-state index in [1.807, 2.05) is 32.0 Å². The molecule has 164 valence electrons. The topological polar surface area (TPSA) is 78.8 Å². The number of rotatable bonds is 4. The van der Waals surface area contributed by atoms with E-state index in [4.69, 9.17) is 0 Å². The lowest BCUT2D eigenvalue weighted by molar-refractivity contribution is -0.113. The Morgan fingerprint density at radius 3 is 2.81 bits per heavy atom. The second kappa shape index (κ2) is 8.55. The second-order valence-electron chi connectivity index (χ2n) is 7.67. The van der Waals surface area contributed by atoms with E-state index in [9.17, 15) is 17.6 Å². The molecule has 2 aromatic carbocycles. The highest BCUT2D eigenvalue weighted by Crippen LogP contribution is 2.37. The average molecular weight is 526 g/mol. The van der Waals surface area contributed by atoms with Crippen molar-refractivity contribution in [2.45, 2.75) is 25.9 Å². The van der Waals surface area contributed by atoms with Gasteiger partial charge in [0.1, 0.15) is 5.82 Å². The van der Waals surface area contributed by atoms with Crippen LogP contribution in [0.5, 0.6) is 0 Å². The Labute approximate surface area is 193 Å². The number of nitrogens with zero attached hydrogens (tertiary/aromatic N) is 2. The molecule has 2 atom stereocenters. The largest absolute Gasteiger partial charge is 0.325 e. The lowest BCUT2D eigenvalue weighted by atomic mass is 10.1. The van der Waals surface area contributed by atoms with Crippen molar-refractivity contribution in [1.29, 1.82) is 0 Å². The molecule has 2 aliphatic rings. The third-order valence-electron chi connectivity index (χ3n) is 5.49. The van der Waals surface area contributed by atoms with Gasteiger partial charge in [-0.1, -0.05) is 39.8 Å². The molecule has 0 bridgehead atoms. The summed E-state index contributed by atoms with van der Waals surface area (Å²) in [4.78, 5) is 18.7. The lowest BCUT2D eigenvalue weighted by Crippen LogP contribution is -2.40. The number of aryl methyl sites for hydroxylation is 1. The minimum atomic E-state index is -3.24. The smallest absolute Gasteiger partial charge is 0.234 e. The molecule has 31 heavy (non-hydrogen) atoms. The number of aliphatic imine (C=N–C) groups is 1. The van der Waals surface area contributed by atoms with Gasteiger partial charge >= 0.3 is 0 Å². The Balaban J connectivity index is 1.54. The highest BCUT2D eigenvalue weighted by molar-refractivity contribution is 9.10. The number of benzene rings is 2. The minimum absolute atomic E-state index is 0.0644. The van der Waals surface area contributed by atoms with Crippen LogP contribution in [0.25, 0.3) is 0 Å². The van der Waals surface area contributed by atoms with Crippen LogP contribution in [0.4, 0.5) is 15.8 Å². The molecule has 10 heteroatoms. The van der Waals surface area contributed by atoms with Crippen LogP contribution in [0.2, 0.25) is 0 Å². The number of anilines is 2. The zero-order valence-corrected chi connectivity index (χ0v) is 20.2. The van der Waals surface area contributed by atoms with Gasteiger partial charge in [-0.2, -0.15) is 0 Å². The molecule has 0 aliphatic carbocycles. The van der Waals surface area contributed by atoms with Crippen molar-refractivity contribution >= 4 is 60.0 Å². The molecule has 2 heterocycles. The number of amides is 1. The number of hydrogen-bond donors (Lipinski definition) is 1. The predicted molar refractivity (Wildman–Crippen MR) is 127 cm³/mol. The first-order chi connectivity index (χ1) is 14.6. The van der Waals surface area contributed by atoms with E-state index >= 15 is 0 Å². The summed E-state index contributed by atoms with van der Waals surface area (Å²) in [6, 6.07) is 9.40. The van der Waals surface area contributed by atoms with Gasteiger partial charge in [0.2, 0.25) is 5.91 Å². The van der Waals surface area contributed by atoms with Crippen LogP contribution >= 0.6 is 27.7 Å². The number of fused-ring (bicyclic) bond motifs is 1. The van der Waals surface area contributed by atoms with Gasteiger partial charge in [-0.05, 0) is 49.2 Å². The van der Waals surface area contributed by atoms with Crippen LogP contribution in [0.15, 0.2) is 45.9 Å². The molecule has 0 saturated carbocycles. The summed E-state index contributed by atoms with van der Waals surface area (Å²) in [6.07, 6.45) is 0. The fraction of sp³-hybridized carbons (Fsp3) is 0.333. The summed E-state index contributed by atoms with van der Waals surface area (Å²) < 4.78 is 39.6. The number of hydrogen-bond acceptors (Lipinski definition) is 6. The first-order valence-electron chi connectivity index (χ1n) is 9.66. The summed E-state index contributed by atoms with van der Waals surface area (Å²) in [5.74, 6) is -0.761. The Hall–Kier alpha value is -1.91. The number of thioether (sulfide) groups is 1. The summed E-state index contributed by atoms with van der Waals surface area (Å²) >= 11 is 4.43. The van der Waals surface area contributed by atoms with Crippen molar-refractivity contribution in [2.75, 3.05) is 27.5 Å². The predicted octanol–water partition coefficient (Wildman–Crippen LogP) is 3.92. The van der Waals surface area contributed by atoms with Crippen molar-refractivity contribution in [3.8, 4) is 0 Å². The van der Waals surface area contributed by atoms with Crippen molar-refractivity contribution in [2.24, 2.45) is 4.99 Å². The Bertz CT molecular complexity index is 1190. The van der Waals surface area contributed by atoms with E-state index in [2.05, 4.69) is 26.2 Å². The van der Waals surface area contributed by atoms with Gasteiger partial charge in [0.25, 0.3) is 0 Å². The highest BCUT2D eigenvalue weighted by atomic mass is 79.9. The average Bonchev–Trinajstić information content (AvgIpc) is 3.15. The first-order valence-corrected chi connectivity index (χ1v) is 13.3. The monoisotopic (exact) mass is 525 g/mol. The van der Waals surface area contributed by atoms with Crippen molar-refractivity contribution < 1.29 is 17.6 Å². The fourth-order valence-corrected chi connectivity index (χ4v) is 6.89. The number of carbonyl (C=O) groups is 1. The Morgan fingerprint density at radius 2 is 2.06 bits per heavy atom. The van der Waals surface area contributed by atoms with E-state index in [0.29, 0.717) is 9.64 Å². The van der Waals surface area contributed by atoms with Crippen molar-refractivity contribution in [3.63, 3.8) is 0 Å². The van der Waals surface area contributed by atoms with Gasteiger partial charge in [-0.15, -0.1) is 0 Å². The first kappa shape index (κ1) is 22.3. The maximum atomic E-state index is 14.7. The van der Waals surface area contributed by atoms with E-state index in [1.165, 1.54) is 17.8 Å². The van der Waals surface area contributed by atoms with Crippen LogP contribution in [0, 0.1) is 19.7 Å². The minimum Gasteiger partial charge on any atom is -0.325 e. The standard InChI is InChI=1S/C21H21BrFN3O3S2/c1-12-4-3-5-16(13(12)2)24-20(27)9-30-21-25-17-10-31(28,29)11-19(17)26(21)18-7-6-14(22)8-15(18)23/h3-8,17,19H,9-11H2,1-2H3,(H,24,27)/t17-,19+/m0/s1. The summed E-state index contributed by atoms with van der Waals surface area (Å²) in [7, 11) is -3.24. The third-order valence-corrected chi connectivity index (χ3v) is 8.65. The molecule has 4 rings (SSSR count). The number of halogens is 2. The molecule has 0 unspecified atom stereocenters.